The molecule has 1 aliphatic rings. The third kappa shape index (κ3) is 2.50. The van der Waals surface area contributed by atoms with Crippen LogP contribution in [-0.4, -0.2) is 34.1 Å². The molecular weight excluding hydrogens is 248 g/mol. The van der Waals surface area contributed by atoms with E-state index in [4.69, 9.17) is 4.74 Å². The number of H-pyrrole nitrogens is 1. The minimum absolute atomic E-state index is 0.0637. The van der Waals surface area contributed by atoms with E-state index in [0.29, 0.717) is 17.5 Å². The summed E-state index contributed by atoms with van der Waals surface area (Å²) in [6.07, 6.45) is 1.88. The van der Waals surface area contributed by atoms with Crippen molar-refractivity contribution in [2.45, 2.75) is 18.9 Å². The van der Waals surface area contributed by atoms with Gasteiger partial charge in [0.1, 0.15) is 0 Å². The van der Waals surface area contributed by atoms with Gasteiger partial charge in [-0.3, -0.25) is 10.1 Å². The van der Waals surface area contributed by atoms with Crippen LogP contribution in [0.25, 0.3) is 11.0 Å². The summed E-state index contributed by atoms with van der Waals surface area (Å²) in [5.41, 5.74) is 1.46. The lowest BCUT2D eigenvalue weighted by atomic mass is 10.1. The number of ether oxygens (including phenoxy) is 1. The predicted octanol–water partition coefficient (Wildman–Crippen LogP) is 2.06. The molecule has 0 amide bonds. The Balaban J connectivity index is 1.82. The van der Waals surface area contributed by atoms with Crippen molar-refractivity contribution in [1.29, 1.82) is 0 Å². The molecule has 1 aromatic carbocycles. The van der Waals surface area contributed by atoms with Crippen molar-refractivity contribution in [1.82, 2.24) is 9.97 Å². The smallest absolute Gasteiger partial charge is 0.271 e. The van der Waals surface area contributed by atoms with Crippen LogP contribution in [-0.2, 0) is 4.74 Å². The number of fused-ring (bicyclic) bond motifs is 1. The zero-order valence-electron chi connectivity index (χ0n) is 10.3. The second kappa shape index (κ2) is 4.85. The molecule has 2 aromatic rings. The first kappa shape index (κ1) is 11.9. The van der Waals surface area contributed by atoms with Crippen molar-refractivity contribution >= 4 is 22.7 Å². The Morgan fingerprint density at radius 1 is 1.42 bits per heavy atom. The van der Waals surface area contributed by atoms with Gasteiger partial charge in [0.2, 0.25) is 5.95 Å². The monoisotopic (exact) mass is 262 g/mol. The molecule has 100 valence electrons. The number of benzene rings is 1. The van der Waals surface area contributed by atoms with E-state index in [1.54, 1.807) is 6.07 Å². The molecule has 0 bridgehead atoms. The lowest BCUT2D eigenvalue weighted by Crippen LogP contribution is -2.28. The average Bonchev–Trinajstić information content (AvgIpc) is 2.80. The van der Waals surface area contributed by atoms with Gasteiger partial charge in [-0.1, -0.05) is 0 Å². The summed E-state index contributed by atoms with van der Waals surface area (Å²) in [4.78, 5) is 17.7. The van der Waals surface area contributed by atoms with E-state index in [-0.39, 0.29) is 5.69 Å². The van der Waals surface area contributed by atoms with Crippen molar-refractivity contribution in [2.75, 3.05) is 18.5 Å². The molecule has 0 saturated carbocycles. The molecule has 1 fully saturated rings. The SMILES string of the molecule is O=[N+]([O-])c1ccc2nc(NC3CCOCC3)[nH]c2c1. The van der Waals surface area contributed by atoms with Crippen LogP contribution in [0, 0.1) is 10.1 Å². The largest absolute Gasteiger partial charge is 0.381 e. The zero-order chi connectivity index (χ0) is 13.2. The van der Waals surface area contributed by atoms with E-state index >= 15 is 0 Å². The molecule has 0 atom stereocenters. The van der Waals surface area contributed by atoms with Gasteiger partial charge in [0.15, 0.2) is 0 Å². The Kier molecular flexibility index (Phi) is 3.04. The highest BCUT2D eigenvalue weighted by Gasteiger charge is 2.15. The minimum atomic E-state index is -0.411. The zero-order valence-corrected chi connectivity index (χ0v) is 10.3. The van der Waals surface area contributed by atoms with Crippen molar-refractivity contribution in [3.8, 4) is 0 Å². The maximum absolute atomic E-state index is 10.7. The van der Waals surface area contributed by atoms with Gasteiger partial charge >= 0.3 is 0 Å². The number of nitrogens with one attached hydrogen (secondary N) is 2. The van der Waals surface area contributed by atoms with Gasteiger partial charge in [-0.2, -0.15) is 0 Å². The van der Waals surface area contributed by atoms with Crippen LogP contribution in [0.15, 0.2) is 18.2 Å². The summed E-state index contributed by atoms with van der Waals surface area (Å²) >= 11 is 0. The van der Waals surface area contributed by atoms with Crippen LogP contribution in [0.3, 0.4) is 0 Å². The van der Waals surface area contributed by atoms with Gasteiger partial charge in [0.05, 0.1) is 16.0 Å². The molecule has 1 aliphatic heterocycles. The molecule has 0 radical (unpaired) electrons. The van der Waals surface area contributed by atoms with E-state index in [1.807, 2.05) is 0 Å². The maximum atomic E-state index is 10.7. The van der Waals surface area contributed by atoms with Crippen LogP contribution in [0.4, 0.5) is 11.6 Å². The number of nitro benzene ring substituents is 1. The van der Waals surface area contributed by atoms with E-state index in [1.165, 1.54) is 12.1 Å². The third-order valence-electron chi connectivity index (χ3n) is 3.24. The third-order valence-corrected chi connectivity index (χ3v) is 3.24. The van der Waals surface area contributed by atoms with Crippen molar-refractivity contribution in [3.05, 3.63) is 28.3 Å². The molecule has 19 heavy (non-hydrogen) atoms. The summed E-state index contributed by atoms with van der Waals surface area (Å²) in [7, 11) is 0. The fourth-order valence-corrected chi connectivity index (χ4v) is 2.21. The summed E-state index contributed by atoms with van der Waals surface area (Å²) < 4.78 is 5.29. The number of non-ortho nitro benzene ring substituents is 1. The first-order valence-electron chi connectivity index (χ1n) is 6.21. The Morgan fingerprint density at radius 2 is 2.21 bits per heavy atom. The Bertz CT molecular complexity index is 604. The van der Waals surface area contributed by atoms with Gasteiger partial charge < -0.3 is 15.0 Å². The average molecular weight is 262 g/mol. The molecule has 7 nitrogen and oxygen atoms in total. The molecule has 2 heterocycles. The molecule has 7 heteroatoms. The fourth-order valence-electron chi connectivity index (χ4n) is 2.21. The highest BCUT2D eigenvalue weighted by molar-refractivity contribution is 5.79. The second-order valence-electron chi connectivity index (χ2n) is 4.57. The standard InChI is InChI=1S/C12H14N4O3/c17-16(18)9-1-2-10-11(7-9)15-12(14-10)13-8-3-5-19-6-4-8/h1-2,7-8H,3-6H2,(H2,13,14,15). The normalized spacial score (nSPS) is 16.6. The number of aromatic amines is 1. The lowest BCUT2D eigenvalue weighted by molar-refractivity contribution is -0.384. The molecule has 0 spiro atoms. The van der Waals surface area contributed by atoms with Crippen LogP contribution in [0.5, 0.6) is 0 Å². The van der Waals surface area contributed by atoms with E-state index in [9.17, 15) is 10.1 Å². The molecule has 1 aromatic heterocycles. The topological polar surface area (TPSA) is 93.1 Å². The number of nitro groups is 1. The highest BCUT2D eigenvalue weighted by Crippen LogP contribution is 2.21. The number of imidazole rings is 1. The quantitative estimate of drug-likeness (QED) is 0.652. The predicted molar refractivity (Wildman–Crippen MR) is 70.2 cm³/mol. The first-order valence-corrected chi connectivity index (χ1v) is 6.21. The van der Waals surface area contributed by atoms with Gasteiger partial charge in [-0.15, -0.1) is 0 Å². The molecule has 0 unspecified atom stereocenters. The number of nitrogens with zero attached hydrogens (tertiary/aromatic N) is 2. The maximum Gasteiger partial charge on any atom is 0.271 e. The van der Waals surface area contributed by atoms with Gasteiger partial charge in [0.25, 0.3) is 5.69 Å². The summed E-state index contributed by atoms with van der Waals surface area (Å²) in [5.74, 6) is 0.655. The highest BCUT2D eigenvalue weighted by atomic mass is 16.6. The Morgan fingerprint density at radius 3 is 2.95 bits per heavy atom. The molecular formula is C12H14N4O3. The van der Waals surface area contributed by atoms with E-state index < -0.39 is 4.92 Å². The molecule has 0 aliphatic carbocycles. The van der Waals surface area contributed by atoms with Gasteiger partial charge in [-0.05, 0) is 18.9 Å². The van der Waals surface area contributed by atoms with Crippen molar-refractivity contribution < 1.29 is 9.66 Å². The number of aromatic nitrogens is 2. The van der Waals surface area contributed by atoms with Crippen molar-refractivity contribution in [2.24, 2.45) is 0 Å². The van der Waals surface area contributed by atoms with Crippen molar-refractivity contribution in [3.63, 3.8) is 0 Å². The summed E-state index contributed by atoms with van der Waals surface area (Å²) in [6.45, 7) is 1.51. The molecule has 1 saturated heterocycles. The van der Waals surface area contributed by atoms with E-state index in [0.717, 1.165) is 31.6 Å². The van der Waals surface area contributed by atoms with Gasteiger partial charge in [-0.25, -0.2) is 4.98 Å². The fraction of sp³-hybridized carbons (Fsp3) is 0.417. The summed E-state index contributed by atoms with van der Waals surface area (Å²) in [6, 6.07) is 4.95. The Hall–Kier alpha value is -2.15. The lowest BCUT2D eigenvalue weighted by Gasteiger charge is -2.22. The molecule has 2 N–H and O–H groups in total. The van der Waals surface area contributed by atoms with Crippen LogP contribution in [0.2, 0.25) is 0 Å². The number of hydrogen-bond donors (Lipinski definition) is 2. The van der Waals surface area contributed by atoms with Gasteiger partial charge in [0, 0.05) is 31.4 Å². The first-order chi connectivity index (χ1) is 9.22. The van der Waals surface area contributed by atoms with Crippen LogP contribution >= 0.6 is 0 Å². The Labute approximate surface area is 109 Å². The number of hydrogen-bond acceptors (Lipinski definition) is 5. The minimum Gasteiger partial charge on any atom is -0.381 e. The molecule has 3 rings (SSSR count). The summed E-state index contributed by atoms with van der Waals surface area (Å²) in [5, 5.41) is 14.0. The van der Waals surface area contributed by atoms with E-state index in [2.05, 4.69) is 15.3 Å². The second-order valence-corrected chi connectivity index (χ2v) is 4.57. The number of rotatable bonds is 3. The van der Waals surface area contributed by atoms with Crippen LogP contribution < -0.4 is 5.32 Å². The number of anilines is 1. The van der Waals surface area contributed by atoms with Crippen LogP contribution in [0.1, 0.15) is 12.8 Å².